The monoisotopic (exact) mass is 269 g/mol. The van der Waals surface area contributed by atoms with E-state index >= 15 is 0 Å². The number of nitrogens with zero attached hydrogens (tertiary/aromatic N) is 2. The predicted octanol–water partition coefficient (Wildman–Crippen LogP) is -0.134. The number of carbonyl (C=O) groups is 3. The first-order chi connectivity index (χ1) is 8.85. The van der Waals surface area contributed by atoms with Crippen molar-refractivity contribution in [3.63, 3.8) is 0 Å². The Hall–Kier alpha value is -1.79. The number of aliphatic carboxylic acids is 1. The molecule has 0 bridgehead atoms. The molecule has 106 valence electrons. The van der Waals surface area contributed by atoms with Crippen LogP contribution in [0.5, 0.6) is 0 Å². The number of hydrogen-bond donors (Lipinski definition) is 2. The van der Waals surface area contributed by atoms with Gasteiger partial charge in [0.15, 0.2) is 0 Å². The number of nitrogens with one attached hydrogen (secondary N) is 1. The number of carboxylic acid groups (broad SMARTS) is 1. The highest BCUT2D eigenvalue weighted by molar-refractivity contribution is 5.92. The van der Waals surface area contributed by atoms with Crippen LogP contribution in [0, 0.1) is 0 Å². The van der Waals surface area contributed by atoms with Gasteiger partial charge in [0.05, 0.1) is 0 Å². The van der Waals surface area contributed by atoms with Crippen LogP contribution in [0.3, 0.4) is 0 Å². The van der Waals surface area contributed by atoms with Crippen LogP contribution < -0.4 is 5.32 Å². The van der Waals surface area contributed by atoms with E-state index in [-0.39, 0.29) is 11.9 Å². The van der Waals surface area contributed by atoms with Gasteiger partial charge in [0.25, 0.3) is 0 Å². The van der Waals surface area contributed by atoms with Crippen molar-refractivity contribution in [1.82, 2.24) is 15.1 Å². The van der Waals surface area contributed by atoms with Crippen LogP contribution in [0.25, 0.3) is 0 Å². The molecule has 3 amide bonds. The van der Waals surface area contributed by atoms with Crippen LogP contribution in [0.2, 0.25) is 0 Å². The molecule has 2 rings (SSSR count). The molecule has 2 saturated heterocycles. The highest BCUT2D eigenvalue weighted by Gasteiger charge is 2.45. The Bertz CT molecular complexity index is 421. The molecule has 19 heavy (non-hydrogen) atoms. The van der Waals surface area contributed by atoms with Gasteiger partial charge in [-0.15, -0.1) is 0 Å². The maximum atomic E-state index is 12.5. The molecule has 0 radical (unpaired) electrons. The first-order valence-corrected chi connectivity index (χ1v) is 6.45. The molecule has 7 nitrogen and oxygen atoms in total. The molecule has 0 unspecified atom stereocenters. The van der Waals surface area contributed by atoms with E-state index in [9.17, 15) is 14.4 Å². The molecule has 2 aliphatic heterocycles. The largest absolute Gasteiger partial charge is 0.480 e. The fraction of sp³-hybridized carbons (Fsp3) is 0.750. The number of urea groups is 1. The van der Waals surface area contributed by atoms with Gasteiger partial charge in [0.2, 0.25) is 5.91 Å². The summed E-state index contributed by atoms with van der Waals surface area (Å²) in [5, 5.41) is 11.8. The van der Waals surface area contributed by atoms with Crippen LogP contribution in [0.4, 0.5) is 4.79 Å². The smallest absolute Gasteiger partial charge is 0.326 e. The molecule has 0 aromatic heterocycles. The Morgan fingerprint density at radius 3 is 2.68 bits per heavy atom. The van der Waals surface area contributed by atoms with Gasteiger partial charge in [0, 0.05) is 19.6 Å². The number of amides is 3. The molecule has 1 atom stereocenters. The lowest BCUT2D eigenvalue weighted by atomic mass is 9.99. The summed E-state index contributed by atoms with van der Waals surface area (Å²) < 4.78 is 0. The molecular formula is C12H19N3O4. The molecule has 0 saturated carbocycles. The van der Waals surface area contributed by atoms with Crippen molar-refractivity contribution in [2.24, 2.45) is 0 Å². The molecule has 2 fully saturated rings. The van der Waals surface area contributed by atoms with Crippen LogP contribution in [0.1, 0.15) is 26.7 Å². The minimum Gasteiger partial charge on any atom is -0.480 e. The Morgan fingerprint density at radius 2 is 2.05 bits per heavy atom. The summed E-state index contributed by atoms with van der Waals surface area (Å²) in [6.45, 7) is 4.58. The normalized spacial score (nSPS) is 26.2. The Morgan fingerprint density at radius 1 is 1.37 bits per heavy atom. The van der Waals surface area contributed by atoms with Crippen molar-refractivity contribution >= 4 is 17.9 Å². The summed E-state index contributed by atoms with van der Waals surface area (Å²) >= 11 is 0. The van der Waals surface area contributed by atoms with Crippen molar-refractivity contribution in [1.29, 1.82) is 0 Å². The zero-order valence-corrected chi connectivity index (χ0v) is 11.2. The lowest BCUT2D eigenvalue weighted by Crippen LogP contribution is -2.66. The lowest BCUT2D eigenvalue weighted by Gasteiger charge is -2.43. The third-order valence-electron chi connectivity index (χ3n) is 3.87. The van der Waals surface area contributed by atoms with Gasteiger partial charge in [-0.3, -0.25) is 4.79 Å². The van der Waals surface area contributed by atoms with E-state index in [0.29, 0.717) is 32.5 Å². The van der Waals surface area contributed by atoms with Crippen molar-refractivity contribution < 1.29 is 19.5 Å². The molecule has 2 aliphatic rings. The van der Waals surface area contributed by atoms with E-state index in [1.165, 1.54) is 9.80 Å². The quantitative estimate of drug-likeness (QED) is 0.693. The fourth-order valence-electron chi connectivity index (χ4n) is 2.64. The summed E-state index contributed by atoms with van der Waals surface area (Å²) in [5.74, 6) is -1.19. The number of hydrogen-bond acceptors (Lipinski definition) is 3. The maximum absolute atomic E-state index is 12.5. The first-order valence-electron chi connectivity index (χ1n) is 6.45. The van der Waals surface area contributed by atoms with E-state index in [2.05, 4.69) is 5.32 Å². The summed E-state index contributed by atoms with van der Waals surface area (Å²) in [5.41, 5.74) is -0.943. The number of rotatable bonds is 1. The van der Waals surface area contributed by atoms with Gasteiger partial charge in [-0.25, -0.2) is 9.59 Å². The van der Waals surface area contributed by atoms with E-state index in [1.807, 2.05) is 0 Å². The number of piperazine rings is 1. The number of carboxylic acids is 1. The maximum Gasteiger partial charge on any atom is 0.326 e. The number of carbonyl (C=O) groups excluding carboxylic acids is 2. The van der Waals surface area contributed by atoms with Crippen LogP contribution in [-0.4, -0.2) is 64.0 Å². The van der Waals surface area contributed by atoms with E-state index in [0.717, 1.165) is 0 Å². The van der Waals surface area contributed by atoms with Crippen LogP contribution >= 0.6 is 0 Å². The zero-order chi connectivity index (χ0) is 14.2. The highest BCUT2D eigenvalue weighted by Crippen LogP contribution is 2.24. The SMILES string of the molecule is CC1(C)C(=O)NCCN1C(=O)N1CCC[C@H]1C(=O)O. The van der Waals surface area contributed by atoms with Crippen LogP contribution in [0.15, 0.2) is 0 Å². The van der Waals surface area contributed by atoms with E-state index in [4.69, 9.17) is 5.11 Å². The second kappa shape index (κ2) is 4.71. The van der Waals surface area contributed by atoms with Crippen LogP contribution in [-0.2, 0) is 9.59 Å². The predicted molar refractivity (Wildman–Crippen MR) is 66.6 cm³/mol. The summed E-state index contributed by atoms with van der Waals surface area (Å²) in [6.07, 6.45) is 1.16. The van der Waals surface area contributed by atoms with Crippen molar-refractivity contribution in [3.8, 4) is 0 Å². The van der Waals surface area contributed by atoms with Gasteiger partial charge in [-0.05, 0) is 26.7 Å². The highest BCUT2D eigenvalue weighted by atomic mass is 16.4. The fourth-order valence-corrected chi connectivity index (χ4v) is 2.64. The van der Waals surface area contributed by atoms with Gasteiger partial charge < -0.3 is 20.2 Å². The average Bonchev–Trinajstić information content (AvgIpc) is 2.81. The lowest BCUT2D eigenvalue weighted by molar-refractivity contribution is -0.141. The van der Waals surface area contributed by atoms with Crippen molar-refractivity contribution in [2.45, 2.75) is 38.3 Å². The Kier molecular flexibility index (Phi) is 3.38. The second-order valence-corrected chi connectivity index (χ2v) is 5.44. The van der Waals surface area contributed by atoms with Crippen molar-refractivity contribution in [3.05, 3.63) is 0 Å². The molecule has 0 aromatic carbocycles. The van der Waals surface area contributed by atoms with Crippen molar-refractivity contribution in [2.75, 3.05) is 19.6 Å². The third kappa shape index (κ3) is 2.24. The topological polar surface area (TPSA) is 90.0 Å². The molecular weight excluding hydrogens is 250 g/mol. The first kappa shape index (κ1) is 13.6. The summed E-state index contributed by atoms with van der Waals surface area (Å²) in [4.78, 5) is 38.3. The van der Waals surface area contributed by atoms with Gasteiger partial charge in [0.1, 0.15) is 11.6 Å². The van der Waals surface area contributed by atoms with Gasteiger partial charge in [-0.1, -0.05) is 0 Å². The third-order valence-corrected chi connectivity index (χ3v) is 3.87. The zero-order valence-electron chi connectivity index (χ0n) is 11.2. The average molecular weight is 269 g/mol. The summed E-state index contributed by atoms with van der Waals surface area (Å²) in [6, 6.07) is -1.13. The molecule has 2 N–H and O–H groups in total. The Labute approximate surface area is 111 Å². The van der Waals surface area contributed by atoms with Gasteiger partial charge >= 0.3 is 12.0 Å². The minimum absolute atomic E-state index is 0.210. The van der Waals surface area contributed by atoms with E-state index in [1.54, 1.807) is 13.8 Å². The minimum atomic E-state index is -0.981. The Balaban J connectivity index is 2.19. The molecule has 0 aliphatic carbocycles. The standard InChI is InChI=1S/C12H19N3O4/c1-12(2)10(18)13-5-7-15(12)11(19)14-6-3-4-8(14)9(16)17/h8H,3-7H2,1-2H3,(H,13,18)(H,16,17)/t8-/m0/s1. The molecule has 0 aromatic rings. The molecule has 0 spiro atoms. The number of likely N-dealkylation sites (tertiary alicyclic amines) is 1. The van der Waals surface area contributed by atoms with E-state index < -0.39 is 17.6 Å². The molecule has 7 heteroatoms. The molecule has 2 heterocycles. The summed E-state index contributed by atoms with van der Waals surface area (Å²) in [7, 11) is 0. The van der Waals surface area contributed by atoms with Gasteiger partial charge in [-0.2, -0.15) is 0 Å². The second-order valence-electron chi connectivity index (χ2n) is 5.44.